The van der Waals surface area contributed by atoms with Crippen molar-refractivity contribution in [3.63, 3.8) is 0 Å². The van der Waals surface area contributed by atoms with Gasteiger partial charge in [0.15, 0.2) is 0 Å². The van der Waals surface area contributed by atoms with Gasteiger partial charge in [0.05, 0.1) is 17.3 Å². The van der Waals surface area contributed by atoms with Gasteiger partial charge in [-0.15, -0.1) is 0 Å². The van der Waals surface area contributed by atoms with Crippen LogP contribution in [0.25, 0.3) is 0 Å². The van der Waals surface area contributed by atoms with E-state index in [1.807, 2.05) is 37.2 Å². The highest BCUT2D eigenvalue weighted by Gasteiger charge is 2.49. The summed E-state index contributed by atoms with van der Waals surface area (Å²) in [7, 11) is 3.95. The Balaban J connectivity index is 1.80. The summed E-state index contributed by atoms with van der Waals surface area (Å²) in [6, 6.07) is 5.96. The summed E-state index contributed by atoms with van der Waals surface area (Å²) in [6.07, 6.45) is 3.46. The van der Waals surface area contributed by atoms with E-state index in [0.717, 1.165) is 28.7 Å². The zero-order valence-electron chi connectivity index (χ0n) is 12.5. The van der Waals surface area contributed by atoms with Crippen molar-refractivity contribution in [2.45, 2.75) is 25.3 Å². The Kier molecular flexibility index (Phi) is 3.97. The molecule has 1 aromatic rings. The molecule has 4 nitrogen and oxygen atoms in total. The largest absolute Gasteiger partial charge is 0.376 e. The zero-order valence-corrected chi connectivity index (χ0v) is 14.1. The highest BCUT2D eigenvalue weighted by molar-refractivity contribution is 9.10. The van der Waals surface area contributed by atoms with E-state index in [1.165, 1.54) is 6.42 Å². The lowest BCUT2D eigenvalue weighted by molar-refractivity contribution is -0.121. The fourth-order valence-electron chi connectivity index (χ4n) is 3.94. The fraction of sp³-hybridized carbons (Fsp3) is 0.562. The molecule has 4 atom stereocenters. The zero-order chi connectivity index (χ0) is 15.1. The van der Waals surface area contributed by atoms with Crippen LogP contribution in [-0.4, -0.2) is 26.0 Å². The minimum Gasteiger partial charge on any atom is -0.376 e. The van der Waals surface area contributed by atoms with Crippen LogP contribution in [0.4, 0.5) is 11.4 Å². The molecule has 1 amide bonds. The Bertz CT molecular complexity index is 558. The molecule has 0 aliphatic heterocycles. The average Bonchev–Trinajstić information content (AvgIpc) is 2.98. The third-order valence-electron chi connectivity index (χ3n) is 4.98. The van der Waals surface area contributed by atoms with E-state index in [-0.39, 0.29) is 17.9 Å². The van der Waals surface area contributed by atoms with Crippen LogP contribution in [0.1, 0.15) is 19.3 Å². The first-order valence-electron chi connectivity index (χ1n) is 7.50. The van der Waals surface area contributed by atoms with Crippen LogP contribution < -0.4 is 16.0 Å². The number of carbonyl (C=O) groups is 1. The molecule has 0 saturated heterocycles. The van der Waals surface area contributed by atoms with Gasteiger partial charge in [0, 0.05) is 24.6 Å². The second-order valence-electron chi connectivity index (χ2n) is 6.48. The number of nitrogens with zero attached hydrogens (tertiary/aromatic N) is 1. The van der Waals surface area contributed by atoms with E-state index in [4.69, 9.17) is 5.73 Å². The van der Waals surface area contributed by atoms with E-state index in [1.54, 1.807) is 0 Å². The number of nitrogens with two attached hydrogens (primary N) is 1. The number of anilines is 2. The van der Waals surface area contributed by atoms with Crippen LogP contribution >= 0.6 is 15.9 Å². The van der Waals surface area contributed by atoms with Gasteiger partial charge in [-0.05, 0) is 49.3 Å². The molecule has 1 aromatic carbocycles. The molecule has 2 aliphatic carbocycles. The SMILES string of the molecule is CN(C)c1ccc(Br)cc1NC(=O)C1C2CCC(C2)C1N. The molecule has 2 bridgehead atoms. The average molecular weight is 352 g/mol. The lowest BCUT2D eigenvalue weighted by Gasteiger charge is -2.28. The Morgan fingerprint density at radius 3 is 2.67 bits per heavy atom. The van der Waals surface area contributed by atoms with Crippen molar-refractivity contribution in [3.8, 4) is 0 Å². The number of amides is 1. The summed E-state index contributed by atoms with van der Waals surface area (Å²) in [5.74, 6) is 1.06. The lowest BCUT2D eigenvalue weighted by atomic mass is 9.84. The summed E-state index contributed by atoms with van der Waals surface area (Å²) in [4.78, 5) is 14.7. The summed E-state index contributed by atoms with van der Waals surface area (Å²) < 4.78 is 0.959. The van der Waals surface area contributed by atoms with E-state index in [0.29, 0.717) is 11.8 Å². The third-order valence-corrected chi connectivity index (χ3v) is 5.47. The molecule has 0 spiro atoms. The van der Waals surface area contributed by atoms with Gasteiger partial charge in [-0.1, -0.05) is 15.9 Å². The van der Waals surface area contributed by atoms with Crippen molar-refractivity contribution in [3.05, 3.63) is 22.7 Å². The van der Waals surface area contributed by atoms with Crippen molar-refractivity contribution in [2.75, 3.05) is 24.3 Å². The van der Waals surface area contributed by atoms with Crippen molar-refractivity contribution in [2.24, 2.45) is 23.5 Å². The minimum absolute atomic E-state index is 0.0266. The van der Waals surface area contributed by atoms with E-state index < -0.39 is 0 Å². The summed E-state index contributed by atoms with van der Waals surface area (Å²) >= 11 is 3.47. The monoisotopic (exact) mass is 351 g/mol. The van der Waals surface area contributed by atoms with Gasteiger partial charge >= 0.3 is 0 Å². The fourth-order valence-corrected chi connectivity index (χ4v) is 4.30. The Hall–Kier alpha value is -1.07. The number of nitrogens with one attached hydrogen (secondary N) is 1. The second kappa shape index (κ2) is 5.61. The van der Waals surface area contributed by atoms with Gasteiger partial charge < -0.3 is 16.0 Å². The first-order chi connectivity index (χ1) is 9.97. The molecular formula is C16H22BrN3O. The number of rotatable bonds is 3. The molecule has 0 radical (unpaired) electrons. The highest BCUT2D eigenvalue weighted by atomic mass is 79.9. The Labute approximate surface area is 134 Å². The summed E-state index contributed by atoms with van der Waals surface area (Å²) in [5.41, 5.74) is 8.11. The van der Waals surface area contributed by atoms with E-state index in [2.05, 4.69) is 21.2 Å². The Morgan fingerprint density at radius 2 is 2.05 bits per heavy atom. The van der Waals surface area contributed by atoms with Gasteiger partial charge in [-0.25, -0.2) is 0 Å². The van der Waals surface area contributed by atoms with Crippen LogP contribution in [0, 0.1) is 17.8 Å². The van der Waals surface area contributed by atoms with Gasteiger partial charge in [0.25, 0.3) is 0 Å². The predicted octanol–water partition coefficient (Wildman–Crippen LogP) is 2.83. The van der Waals surface area contributed by atoms with Crippen molar-refractivity contribution >= 4 is 33.2 Å². The third kappa shape index (κ3) is 2.69. The maximum Gasteiger partial charge on any atom is 0.229 e. The molecule has 2 saturated carbocycles. The predicted molar refractivity (Wildman–Crippen MR) is 89.4 cm³/mol. The number of carbonyl (C=O) groups excluding carboxylic acids is 1. The Morgan fingerprint density at radius 1 is 1.33 bits per heavy atom. The molecule has 0 aromatic heterocycles. The maximum atomic E-state index is 12.7. The van der Waals surface area contributed by atoms with Crippen LogP contribution in [0.2, 0.25) is 0 Å². The number of hydrogen-bond donors (Lipinski definition) is 2. The van der Waals surface area contributed by atoms with Crippen LogP contribution in [0.5, 0.6) is 0 Å². The van der Waals surface area contributed by atoms with E-state index in [9.17, 15) is 4.79 Å². The molecule has 3 N–H and O–H groups in total. The first kappa shape index (κ1) is 14.9. The number of hydrogen-bond acceptors (Lipinski definition) is 3. The molecule has 0 heterocycles. The van der Waals surface area contributed by atoms with Crippen molar-refractivity contribution in [1.82, 2.24) is 0 Å². The molecule has 2 aliphatic rings. The molecule has 2 fully saturated rings. The second-order valence-corrected chi connectivity index (χ2v) is 7.40. The number of halogens is 1. The van der Waals surface area contributed by atoms with Gasteiger partial charge in [-0.3, -0.25) is 4.79 Å². The molecule has 3 rings (SSSR count). The van der Waals surface area contributed by atoms with Crippen LogP contribution in [-0.2, 0) is 4.79 Å². The van der Waals surface area contributed by atoms with Crippen molar-refractivity contribution < 1.29 is 4.79 Å². The molecule has 5 heteroatoms. The summed E-state index contributed by atoms with van der Waals surface area (Å²) in [5, 5.41) is 3.10. The maximum absolute atomic E-state index is 12.7. The van der Waals surface area contributed by atoms with Crippen LogP contribution in [0.3, 0.4) is 0 Å². The molecule has 21 heavy (non-hydrogen) atoms. The minimum atomic E-state index is -0.0299. The van der Waals surface area contributed by atoms with Gasteiger partial charge in [0.2, 0.25) is 5.91 Å². The number of benzene rings is 1. The van der Waals surface area contributed by atoms with Crippen LogP contribution in [0.15, 0.2) is 22.7 Å². The lowest BCUT2D eigenvalue weighted by Crippen LogP contribution is -2.42. The van der Waals surface area contributed by atoms with Gasteiger partial charge in [-0.2, -0.15) is 0 Å². The van der Waals surface area contributed by atoms with Crippen molar-refractivity contribution in [1.29, 1.82) is 0 Å². The first-order valence-corrected chi connectivity index (χ1v) is 8.30. The topological polar surface area (TPSA) is 58.4 Å². The standard InChI is InChI=1S/C16H22BrN3O/c1-20(2)13-6-5-11(17)8-12(13)19-16(21)14-9-3-4-10(7-9)15(14)18/h5-6,8-10,14-15H,3-4,7,18H2,1-2H3,(H,19,21). The number of fused-ring (bicyclic) bond motifs is 2. The molecule has 4 unspecified atom stereocenters. The quantitative estimate of drug-likeness (QED) is 0.880. The van der Waals surface area contributed by atoms with E-state index >= 15 is 0 Å². The van der Waals surface area contributed by atoms with Gasteiger partial charge in [0.1, 0.15) is 0 Å². The summed E-state index contributed by atoms with van der Waals surface area (Å²) in [6.45, 7) is 0. The molecular weight excluding hydrogens is 330 g/mol. The normalized spacial score (nSPS) is 30.5. The molecule has 114 valence electrons. The highest BCUT2D eigenvalue weighted by Crippen LogP contribution is 2.48. The smallest absolute Gasteiger partial charge is 0.229 e.